The number of carbonyl (C=O) groups excluding carboxylic acids is 1. The van der Waals surface area contributed by atoms with Gasteiger partial charge in [-0.15, -0.1) is 0 Å². The lowest BCUT2D eigenvalue weighted by molar-refractivity contribution is 0.0954. The average molecular weight is 286 g/mol. The zero-order valence-electron chi connectivity index (χ0n) is 9.11. The van der Waals surface area contributed by atoms with E-state index in [1.54, 1.807) is 6.07 Å². The van der Waals surface area contributed by atoms with Crippen molar-refractivity contribution in [2.45, 2.75) is 6.54 Å². The number of hydrogen-bond acceptors (Lipinski definition) is 4. The van der Waals surface area contributed by atoms with E-state index in [0.29, 0.717) is 15.6 Å². The van der Waals surface area contributed by atoms with Crippen LogP contribution in [0.2, 0.25) is 5.02 Å². The number of hydrogen-bond donors (Lipinski definition) is 2. The molecule has 94 valence electrons. The third-order valence-electron chi connectivity index (χ3n) is 2.22. The Bertz CT molecular complexity index is 587. The van der Waals surface area contributed by atoms with Gasteiger partial charge in [0.15, 0.2) is 5.13 Å². The Morgan fingerprint density at radius 3 is 3.00 bits per heavy atom. The maximum atomic E-state index is 13.2. The normalized spacial score (nSPS) is 10.3. The molecule has 1 amide bonds. The van der Waals surface area contributed by atoms with Crippen molar-refractivity contribution >= 4 is 34.0 Å². The van der Waals surface area contributed by atoms with E-state index in [1.165, 1.54) is 18.3 Å². The number of benzene rings is 1. The highest BCUT2D eigenvalue weighted by Gasteiger charge is 2.11. The first-order valence-electron chi connectivity index (χ1n) is 5.00. The second-order valence-electron chi connectivity index (χ2n) is 3.46. The highest BCUT2D eigenvalue weighted by molar-refractivity contribution is 7.17. The van der Waals surface area contributed by atoms with Gasteiger partial charge >= 0.3 is 0 Å². The smallest absolute Gasteiger partial charge is 0.263 e. The third kappa shape index (κ3) is 2.77. The molecule has 0 unspecified atom stereocenters. The second-order valence-corrected chi connectivity index (χ2v) is 4.90. The van der Waals surface area contributed by atoms with Crippen LogP contribution in [0.1, 0.15) is 15.2 Å². The Kier molecular flexibility index (Phi) is 3.78. The number of amides is 1. The molecule has 0 saturated heterocycles. The molecule has 2 rings (SSSR count). The molecular weight excluding hydrogens is 277 g/mol. The lowest BCUT2D eigenvalue weighted by Gasteiger charge is -2.06. The maximum Gasteiger partial charge on any atom is 0.263 e. The number of nitrogens with zero attached hydrogens (tertiary/aromatic N) is 1. The minimum Gasteiger partial charge on any atom is -0.375 e. The molecule has 0 bridgehead atoms. The molecule has 0 spiro atoms. The molecule has 0 aliphatic carbocycles. The van der Waals surface area contributed by atoms with Crippen molar-refractivity contribution in [1.82, 2.24) is 10.3 Å². The lowest BCUT2D eigenvalue weighted by atomic mass is 10.2. The summed E-state index contributed by atoms with van der Waals surface area (Å²) >= 11 is 6.86. The van der Waals surface area contributed by atoms with Crippen LogP contribution >= 0.6 is 22.9 Å². The van der Waals surface area contributed by atoms with Crippen molar-refractivity contribution < 1.29 is 9.18 Å². The van der Waals surface area contributed by atoms with Gasteiger partial charge in [-0.05, 0) is 11.6 Å². The van der Waals surface area contributed by atoms with E-state index < -0.39 is 5.82 Å². The fourth-order valence-electron chi connectivity index (χ4n) is 1.34. The highest BCUT2D eigenvalue weighted by atomic mass is 35.5. The van der Waals surface area contributed by atoms with Gasteiger partial charge in [-0.25, -0.2) is 9.37 Å². The van der Waals surface area contributed by atoms with E-state index in [2.05, 4.69) is 10.3 Å². The molecule has 0 saturated carbocycles. The van der Waals surface area contributed by atoms with Crippen molar-refractivity contribution in [3.05, 3.63) is 45.7 Å². The average Bonchev–Trinajstić information content (AvgIpc) is 2.77. The van der Waals surface area contributed by atoms with Gasteiger partial charge in [0.05, 0.1) is 11.2 Å². The van der Waals surface area contributed by atoms with Gasteiger partial charge in [-0.1, -0.05) is 35.1 Å². The first kappa shape index (κ1) is 12.8. The predicted molar refractivity (Wildman–Crippen MR) is 69.1 cm³/mol. The fraction of sp³-hybridized carbons (Fsp3) is 0.0909. The number of thiazole rings is 1. The number of aromatic nitrogens is 1. The minimum atomic E-state index is -0.509. The van der Waals surface area contributed by atoms with Gasteiger partial charge in [0, 0.05) is 6.54 Å². The Hall–Kier alpha value is -1.66. The molecule has 2 aromatic rings. The van der Waals surface area contributed by atoms with Crippen LogP contribution in [0, 0.1) is 5.82 Å². The second kappa shape index (κ2) is 5.32. The van der Waals surface area contributed by atoms with Gasteiger partial charge in [0.2, 0.25) is 0 Å². The van der Waals surface area contributed by atoms with E-state index in [4.69, 9.17) is 17.3 Å². The first-order valence-corrected chi connectivity index (χ1v) is 6.20. The molecule has 0 aliphatic rings. The topological polar surface area (TPSA) is 68.0 Å². The number of nitrogen functional groups attached to an aromatic ring is 1. The number of anilines is 1. The number of nitrogens with one attached hydrogen (secondary N) is 1. The SMILES string of the molecule is Nc1ncc(C(=O)NCc2cccc(F)c2Cl)s1. The molecule has 0 radical (unpaired) electrons. The Labute approximate surface area is 112 Å². The van der Waals surface area contributed by atoms with Crippen LogP contribution in [0.15, 0.2) is 24.4 Å². The minimum absolute atomic E-state index is 0.0154. The molecule has 1 aromatic heterocycles. The predicted octanol–water partition coefficient (Wildman–Crippen LogP) is 2.45. The zero-order chi connectivity index (χ0) is 13.1. The van der Waals surface area contributed by atoms with Gasteiger partial charge in [-0.3, -0.25) is 4.79 Å². The standard InChI is InChI=1S/C11H9ClFN3OS/c12-9-6(2-1-3-7(9)13)4-15-10(17)8-5-16-11(14)18-8/h1-3,5H,4H2,(H2,14,16)(H,15,17). The summed E-state index contributed by atoms with van der Waals surface area (Å²) in [7, 11) is 0. The maximum absolute atomic E-state index is 13.2. The van der Waals surface area contributed by atoms with Crippen LogP contribution < -0.4 is 11.1 Å². The molecule has 18 heavy (non-hydrogen) atoms. The summed E-state index contributed by atoms with van der Waals surface area (Å²) in [6.07, 6.45) is 1.39. The molecular formula is C11H9ClFN3OS. The summed E-state index contributed by atoms with van der Waals surface area (Å²) in [6, 6.07) is 4.44. The molecule has 4 nitrogen and oxygen atoms in total. The summed E-state index contributed by atoms with van der Waals surface area (Å²) in [4.78, 5) is 15.9. The molecule has 1 heterocycles. The van der Waals surface area contributed by atoms with Crippen molar-refractivity contribution in [3.8, 4) is 0 Å². The first-order chi connectivity index (χ1) is 8.58. The lowest BCUT2D eigenvalue weighted by Crippen LogP contribution is -2.22. The van der Waals surface area contributed by atoms with Crippen molar-refractivity contribution in [2.24, 2.45) is 0 Å². The van der Waals surface area contributed by atoms with Gasteiger partial charge in [0.1, 0.15) is 10.7 Å². The molecule has 3 N–H and O–H groups in total. The zero-order valence-corrected chi connectivity index (χ0v) is 10.7. The van der Waals surface area contributed by atoms with Gasteiger partial charge in [-0.2, -0.15) is 0 Å². The fourth-order valence-corrected chi connectivity index (χ4v) is 2.13. The van der Waals surface area contributed by atoms with Crippen LogP contribution in [-0.2, 0) is 6.54 Å². The molecule has 1 aromatic carbocycles. The highest BCUT2D eigenvalue weighted by Crippen LogP contribution is 2.20. The largest absolute Gasteiger partial charge is 0.375 e. The van der Waals surface area contributed by atoms with Crippen LogP contribution in [0.3, 0.4) is 0 Å². The number of halogens is 2. The van der Waals surface area contributed by atoms with Gasteiger partial charge in [0.25, 0.3) is 5.91 Å². The summed E-state index contributed by atoms with van der Waals surface area (Å²) in [6.45, 7) is 0.146. The van der Waals surface area contributed by atoms with E-state index in [0.717, 1.165) is 11.3 Å². The monoisotopic (exact) mass is 285 g/mol. The Balaban J connectivity index is 2.04. The Morgan fingerprint density at radius 1 is 1.56 bits per heavy atom. The molecule has 0 atom stereocenters. The summed E-state index contributed by atoms with van der Waals surface area (Å²) in [5, 5.41) is 2.96. The van der Waals surface area contributed by atoms with Crippen molar-refractivity contribution in [2.75, 3.05) is 5.73 Å². The Morgan fingerprint density at radius 2 is 2.33 bits per heavy atom. The number of nitrogens with two attached hydrogens (primary N) is 1. The van der Waals surface area contributed by atoms with E-state index in [9.17, 15) is 9.18 Å². The molecule has 0 aliphatic heterocycles. The van der Waals surface area contributed by atoms with Crippen molar-refractivity contribution in [3.63, 3.8) is 0 Å². The van der Waals surface area contributed by atoms with Crippen molar-refractivity contribution in [1.29, 1.82) is 0 Å². The summed E-state index contributed by atoms with van der Waals surface area (Å²) < 4.78 is 13.2. The van der Waals surface area contributed by atoms with Crippen LogP contribution in [0.5, 0.6) is 0 Å². The third-order valence-corrected chi connectivity index (χ3v) is 3.47. The van der Waals surface area contributed by atoms with Crippen LogP contribution in [0.25, 0.3) is 0 Å². The van der Waals surface area contributed by atoms with E-state index in [-0.39, 0.29) is 17.5 Å². The molecule has 7 heteroatoms. The van der Waals surface area contributed by atoms with E-state index in [1.807, 2.05) is 0 Å². The summed E-state index contributed by atoms with van der Waals surface area (Å²) in [5.41, 5.74) is 5.94. The van der Waals surface area contributed by atoms with E-state index >= 15 is 0 Å². The number of carbonyl (C=O) groups is 1. The van der Waals surface area contributed by atoms with Crippen LogP contribution in [0.4, 0.5) is 9.52 Å². The summed E-state index contributed by atoms with van der Waals surface area (Å²) in [5.74, 6) is -0.824. The van der Waals surface area contributed by atoms with Crippen LogP contribution in [-0.4, -0.2) is 10.9 Å². The molecule has 0 fully saturated rings. The van der Waals surface area contributed by atoms with Gasteiger partial charge < -0.3 is 11.1 Å². The quantitative estimate of drug-likeness (QED) is 0.910. The number of rotatable bonds is 3.